The zero-order valence-electron chi connectivity index (χ0n) is 13.1. The fourth-order valence-electron chi connectivity index (χ4n) is 2.92. The van der Waals surface area contributed by atoms with Crippen LogP contribution in [0, 0.1) is 11.8 Å². The maximum absolute atomic E-state index is 11.1. The molecule has 1 fully saturated rings. The average Bonchev–Trinajstić information content (AvgIpc) is 2.95. The van der Waals surface area contributed by atoms with Gasteiger partial charge in [-0.05, 0) is 37.5 Å². The van der Waals surface area contributed by atoms with E-state index in [9.17, 15) is 4.79 Å². The van der Waals surface area contributed by atoms with Crippen molar-refractivity contribution < 1.29 is 14.1 Å². The van der Waals surface area contributed by atoms with E-state index in [-0.39, 0.29) is 12.4 Å². The number of aromatic nitrogens is 2. The predicted molar refractivity (Wildman–Crippen MR) is 77.3 cm³/mol. The highest BCUT2D eigenvalue weighted by molar-refractivity contribution is 5.69. The number of esters is 1. The van der Waals surface area contributed by atoms with E-state index >= 15 is 0 Å². The standard InChI is InChI=1S/C15H25N3O3/c1-10(2)11-6-8-15(16,9-7-11)14-17-12(21-18-14)4-5-13(19)20-3/h10-11H,4-9,16H2,1-3H3. The molecule has 2 N–H and O–H groups in total. The predicted octanol–water partition coefficient (Wildman–Crippen LogP) is 2.18. The Hall–Kier alpha value is -1.43. The van der Waals surface area contributed by atoms with Crippen molar-refractivity contribution in [3.8, 4) is 0 Å². The number of nitrogens with two attached hydrogens (primary N) is 1. The van der Waals surface area contributed by atoms with Gasteiger partial charge in [-0.15, -0.1) is 0 Å². The molecule has 0 radical (unpaired) electrons. The highest BCUT2D eigenvalue weighted by atomic mass is 16.5. The zero-order chi connectivity index (χ0) is 15.5. The number of aryl methyl sites for hydroxylation is 1. The van der Waals surface area contributed by atoms with Gasteiger partial charge in [0.25, 0.3) is 0 Å². The Morgan fingerprint density at radius 3 is 2.71 bits per heavy atom. The van der Waals surface area contributed by atoms with Gasteiger partial charge in [-0.2, -0.15) is 4.98 Å². The zero-order valence-corrected chi connectivity index (χ0v) is 13.1. The molecule has 1 aliphatic rings. The Bertz CT molecular complexity index is 476. The van der Waals surface area contributed by atoms with Gasteiger partial charge in [0.05, 0.1) is 19.1 Å². The molecule has 6 nitrogen and oxygen atoms in total. The first-order chi connectivity index (χ1) is 9.94. The molecule has 0 amide bonds. The first-order valence-corrected chi connectivity index (χ1v) is 7.63. The Labute approximate surface area is 125 Å². The normalized spacial score (nSPS) is 26.0. The summed E-state index contributed by atoms with van der Waals surface area (Å²) in [5, 5.41) is 4.02. The van der Waals surface area contributed by atoms with E-state index < -0.39 is 5.54 Å². The Morgan fingerprint density at radius 2 is 2.14 bits per heavy atom. The van der Waals surface area contributed by atoms with E-state index in [0.717, 1.165) is 31.6 Å². The molecule has 2 rings (SSSR count). The summed E-state index contributed by atoms with van der Waals surface area (Å²) in [4.78, 5) is 15.5. The van der Waals surface area contributed by atoms with E-state index in [2.05, 4.69) is 28.7 Å². The van der Waals surface area contributed by atoms with Gasteiger partial charge in [0.15, 0.2) is 5.82 Å². The first-order valence-electron chi connectivity index (χ1n) is 7.63. The van der Waals surface area contributed by atoms with Gasteiger partial charge < -0.3 is 15.0 Å². The maximum atomic E-state index is 11.1. The number of carbonyl (C=O) groups excluding carboxylic acids is 1. The Kier molecular flexibility index (Phi) is 4.98. The summed E-state index contributed by atoms with van der Waals surface area (Å²) < 4.78 is 9.80. The van der Waals surface area contributed by atoms with Crippen LogP contribution in [0.2, 0.25) is 0 Å². The van der Waals surface area contributed by atoms with Crippen molar-refractivity contribution in [2.45, 2.75) is 57.9 Å². The van der Waals surface area contributed by atoms with Crippen molar-refractivity contribution >= 4 is 5.97 Å². The van der Waals surface area contributed by atoms with Gasteiger partial charge >= 0.3 is 5.97 Å². The van der Waals surface area contributed by atoms with Crippen LogP contribution >= 0.6 is 0 Å². The Morgan fingerprint density at radius 1 is 1.48 bits per heavy atom. The minimum absolute atomic E-state index is 0.241. The summed E-state index contributed by atoms with van der Waals surface area (Å²) in [6.45, 7) is 4.51. The van der Waals surface area contributed by atoms with E-state index in [1.807, 2.05) is 0 Å². The summed E-state index contributed by atoms with van der Waals surface area (Å²) >= 11 is 0. The maximum Gasteiger partial charge on any atom is 0.306 e. The van der Waals surface area contributed by atoms with Crippen molar-refractivity contribution in [3.05, 3.63) is 11.7 Å². The van der Waals surface area contributed by atoms with Crippen molar-refractivity contribution in [2.24, 2.45) is 17.6 Å². The molecule has 6 heteroatoms. The number of carbonyl (C=O) groups is 1. The molecule has 0 bridgehead atoms. The third-order valence-corrected chi connectivity index (χ3v) is 4.55. The Balaban J connectivity index is 1.96. The second kappa shape index (κ2) is 6.56. The molecular weight excluding hydrogens is 270 g/mol. The molecule has 0 unspecified atom stereocenters. The molecule has 0 aromatic carbocycles. The number of hydrogen-bond donors (Lipinski definition) is 1. The largest absolute Gasteiger partial charge is 0.469 e. The van der Waals surface area contributed by atoms with Crippen LogP contribution < -0.4 is 5.73 Å². The molecule has 118 valence electrons. The molecule has 1 heterocycles. The van der Waals surface area contributed by atoms with Crippen LogP contribution in [-0.2, 0) is 21.5 Å². The van der Waals surface area contributed by atoms with Crippen molar-refractivity contribution in [1.82, 2.24) is 10.1 Å². The lowest BCUT2D eigenvalue weighted by atomic mass is 9.73. The molecule has 0 spiro atoms. The number of ether oxygens (including phenoxy) is 1. The molecule has 1 aliphatic carbocycles. The molecule has 0 atom stereocenters. The molecule has 0 saturated heterocycles. The van der Waals surface area contributed by atoms with Gasteiger partial charge in [-0.25, -0.2) is 0 Å². The number of methoxy groups -OCH3 is 1. The second-order valence-electron chi connectivity index (χ2n) is 6.33. The summed E-state index contributed by atoms with van der Waals surface area (Å²) in [5.74, 6) is 2.16. The molecule has 1 aromatic rings. The third kappa shape index (κ3) is 3.81. The second-order valence-corrected chi connectivity index (χ2v) is 6.33. The lowest BCUT2D eigenvalue weighted by molar-refractivity contribution is -0.140. The van der Waals surface area contributed by atoms with E-state index in [1.165, 1.54) is 7.11 Å². The molecule has 0 aliphatic heterocycles. The minimum Gasteiger partial charge on any atom is -0.469 e. The van der Waals surface area contributed by atoms with Crippen LogP contribution in [0.5, 0.6) is 0 Å². The van der Waals surface area contributed by atoms with Gasteiger partial charge in [-0.1, -0.05) is 19.0 Å². The van der Waals surface area contributed by atoms with Crippen molar-refractivity contribution in [2.75, 3.05) is 7.11 Å². The van der Waals surface area contributed by atoms with Gasteiger partial charge in [0, 0.05) is 6.42 Å². The molecule has 1 saturated carbocycles. The highest BCUT2D eigenvalue weighted by Crippen LogP contribution is 2.39. The minimum atomic E-state index is -0.488. The summed E-state index contributed by atoms with van der Waals surface area (Å²) in [5.41, 5.74) is 5.97. The van der Waals surface area contributed by atoms with Crippen LogP contribution in [-0.4, -0.2) is 23.2 Å². The van der Waals surface area contributed by atoms with Gasteiger partial charge in [0.2, 0.25) is 5.89 Å². The summed E-state index contributed by atoms with van der Waals surface area (Å²) in [6.07, 6.45) is 4.59. The third-order valence-electron chi connectivity index (χ3n) is 4.55. The van der Waals surface area contributed by atoms with Crippen LogP contribution in [0.4, 0.5) is 0 Å². The van der Waals surface area contributed by atoms with E-state index in [0.29, 0.717) is 24.1 Å². The number of rotatable bonds is 5. The lowest BCUT2D eigenvalue weighted by Gasteiger charge is -2.36. The van der Waals surface area contributed by atoms with Crippen LogP contribution in [0.25, 0.3) is 0 Å². The SMILES string of the molecule is COC(=O)CCc1nc(C2(N)CCC(C(C)C)CC2)no1. The molecular formula is C15H25N3O3. The molecule has 1 aromatic heterocycles. The quantitative estimate of drug-likeness (QED) is 0.837. The van der Waals surface area contributed by atoms with Gasteiger partial charge in [0.1, 0.15) is 0 Å². The van der Waals surface area contributed by atoms with Crippen LogP contribution in [0.3, 0.4) is 0 Å². The fourth-order valence-corrected chi connectivity index (χ4v) is 2.92. The first kappa shape index (κ1) is 15.9. The fraction of sp³-hybridized carbons (Fsp3) is 0.800. The number of hydrogen-bond acceptors (Lipinski definition) is 6. The van der Waals surface area contributed by atoms with Crippen LogP contribution in [0.1, 0.15) is 57.7 Å². The van der Waals surface area contributed by atoms with E-state index in [1.54, 1.807) is 0 Å². The number of nitrogens with zero attached hydrogens (tertiary/aromatic N) is 2. The highest BCUT2D eigenvalue weighted by Gasteiger charge is 2.37. The van der Waals surface area contributed by atoms with Crippen molar-refractivity contribution in [3.63, 3.8) is 0 Å². The average molecular weight is 295 g/mol. The topological polar surface area (TPSA) is 91.2 Å². The lowest BCUT2D eigenvalue weighted by Crippen LogP contribution is -2.42. The van der Waals surface area contributed by atoms with Crippen molar-refractivity contribution in [1.29, 1.82) is 0 Å². The van der Waals surface area contributed by atoms with E-state index in [4.69, 9.17) is 10.3 Å². The smallest absolute Gasteiger partial charge is 0.306 e. The molecule has 21 heavy (non-hydrogen) atoms. The summed E-state index contributed by atoms with van der Waals surface area (Å²) in [7, 11) is 1.36. The monoisotopic (exact) mass is 295 g/mol. The van der Waals surface area contributed by atoms with Gasteiger partial charge in [-0.3, -0.25) is 4.79 Å². The van der Waals surface area contributed by atoms with Crippen LogP contribution in [0.15, 0.2) is 4.52 Å². The summed E-state index contributed by atoms with van der Waals surface area (Å²) in [6, 6.07) is 0.